The summed E-state index contributed by atoms with van der Waals surface area (Å²) in [6.07, 6.45) is 0. The van der Waals surface area contributed by atoms with Gasteiger partial charge in [-0.25, -0.2) is 8.42 Å². The first-order chi connectivity index (χ1) is 14.6. The zero-order valence-corrected chi connectivity index (χ0v) is 18.8. The summed E-state index contributed by atoms with van der Waals surface area (Å²) >= 11 is 1.23. The number of rotatable bonds is 7. The smallest absolute Gasteiger partial charge is 0.279 e. The highest BCUT2D eigenvalue weighted by Crippen LogP contribution is 2.23. The fraction of sp³-hybridized carbons (Fsp3) is 0.300. The molecule has 0 atom stereocenters. The maximum Gasteiger partial charge on any atom is 0.279 e. The van der Waals surface area contributed by atoms with E-state index in [9.17, 15) is 23.3 Å². The van der Waals surface area contributed by atoms with Gasteiger partial charge in [0.2, 0.25) is 0 Å². The molecule has 3 rings (SSSR count). The van der Waals surface area contributed by atoms with Gasteiger partial charge in [-0.15, -0.1) is 0 Å². The summed E-state index contributed by atoms with van der Waals surface area (Å²) in [5, 5.41) is 10.6. The number of hydrogen-bond donors (Lipinski definition) is 0. The molecule has 0 spiro atoms. The molecule has 31 heavy (non-hydrogen) atoms. The second kappa shape index (κ2) is 9.08. The summed E-state index contributed by atoms with van der Waals surface area (Å²) < 4.78 is 32.1. The molecule has 0 bridgehead atoms. The minimum absolute atomic E-state index is 0.0590. The lowest BCUT2D eigenvalue weighted by Crippen LogP contribution is -2.19. The van der Waals surface area contributed by atoms with E-state index in [1.807, 2.05) is 0 Å². The number of nitro groups is 1. The van der Waals surface area contributed by atoms with Crippen LogP contribution in [0.1, 0.15) is 24.2 Å². The number of benzene rings is 2. The molecule has 0 aliphatic heterocycles. The van der Waals surface area contributed by atoms with Crippen LogP contribution < -0.4 is 4.80 Å². The van der Waals surface area contributed by atoms with Gasteiger partial charge in [-0.2, -0.15) is 4.99 Å². The lowest BCUT2D eigenvalue weighted by Gasteiger charge is -2.07. The molecule has 0 saturated heterocycles. The van der Waals surface area contributed by atoms with Crippen molar-refractivity contribution in [3.8, 4) is 0 Å². The fourth-order valence-corrected chi connectivity index (χ4v) is 4.96. The molecule has 11 heteroatoms. The molecule has 0 aliphatic carbocycles. The number of carbonyl (C=O) groups is 1. The predicted molar refractivity (Wildman–Crippen MR) is 117 cm³/mol. The summed E-state index contributed by atoms with van der Waals surface area (Å²) in [6.45, 7) is 3.87. The molecular weight excluding hydrogens is 442 g/mol. The number of nitrogens with zero attached hydrogens (tertiary/aromatic N) is 3. The highest BCUT2D eigenvalue weighted by Gasteiger charge is 2.19. The van der Waals surface area contributed by atoms with Crippen LogP contribution in [0.3, 0.4) is 0 Å². The van der Waals surface area contributed by atoms with Crippen molar-refractivity contribution in [1.29, 1.82) is 0 Å². The normalized spacial score (nSPS) is 12.6. The van der Waals surface area contributed by atoms with E-state index in [1.165, 1.54) is 54.8 Å². The van der Waals surface area contributed by atoms with Gasteiger partial charge >= 0.3 is 0 Å². The Bertz CT molecular complexity index is 1300. The highest BCUT2D eigenvalue weighted by atomic mass is 32.2. The lowest BCUT2D eigenvalue weighted by atomic mass is 10.2. The summed E-state index contributed by atoms with van der Waals surface area (Å²) in [5.41, 5.74) is 0.766. The first-order valence-corrected chi connectivity index (χ1v) is 11.7. The maximum absolute atomic E-state index is 12.7. The van der Waals surface area contributed by atoms with Crippen LogP contribution in [0.25, 0.3) is 10.2 Å². The van der Waals surface area contributed by atoms with E-state index in [0.717, 1.165) is 4.70 Å². The molecule has 0 aliphatic rings. The molecule has 0 N–H and O–H groups in total. The van der Waals surface area contributed by atoms with E-state index in [1.54, 1.807) is 24.5 Å². The van der Waals surface area contributed by atoms with Crippen LogP contribution in [-0.2, 0) is 21.1 Å². The van der Waals surface area contributed by atoms with Crippen LogP contribution in [0.15, 0.2) is 52.4 Å². The number of thiazole rings is 1. The summed E-state index contributed by atoms with van der Waals surface area (Å²) in [5.74, 6) is -0.541. The Labute approximate surface area is 182 Å². The lowest BCUT2D eigenvalue weighted by molar-refractivity contribution is -0.384. The standard InChI is InChI=1S/C20H21N3O6S2/c1-13(2)31(27,28)16-7-4-14(5-8-16)19(24)21-20-22(10-11-29-3)17-12-15(23(25)26)6-9-18(17)30-20/h4-9,12-13H,10-11H2,1-3H3. The molecule has 0 fully saturated rings. The Balaban J connectivity index is 2.04. The first-order valence-electron chi connectivity index (χ1n) is 9.35. The number of amides is 1. The molecular formula is C20H21N3O6S2. The monoisotopic (exact) mass is 463 g/mol. The number of sulfone groups is 1. The van der Waals surface area contributed by atoms with E-state index >= 15 is 0 Å². The number of hydrogen-bond acceptors (Lipinski definition) is 7. The molecule has 1 heterocycles. The van der Waals surface area contributed by atoms with Crippen molar-refractivity contribution in [1.82, 2.24) is 4.57 Å². The zero-order valence-electron chi connectivity index (χ0n) is 17.1. The van der Waals surface area contributed by atoms with Crippen molar-refractivity contribution in [3.63, 3.8) is 0 Å². The van der Waals surface area contributed by atoms with Gasteiger partial charge in [0.15, 0.2) is 14.6 Å². The van der Waals surface area contributed by atoms with Crippen LogP contribution in [0.2, 0.25) is 0 Å². The molecule has 1 aromatic heterocycles. The van der Waals surface area contributed by atoms with Gasteiger partial charge < -0.3 is 9.30 Å². The topological polar surface area (TPSA) is 121 Å². The van der Waals surface area contributed by atoms with Gasteiger partial charge in [-0.1, -0.05) is 11.3 Å². The Morgan fingerprint density at radius 2 is 1.90 bits per heavy atom. The minimum Gasteiger partial charge on any atom is -0.383 e. The Morgan fingerprint density at radius 3 is 2.48 bits per heavy atom. The summed E-state index contributed by atoms with van der Waals surface area (Å²) in [7, 11) is -1.90. The Kier molecular flexibility index (Phi) is 6.68. The van der Waals surface area contributed by atoms with Crippen molar-refractivity contribution in [2.24, 2.45) is 4.99 Å². The highest BCUT2D eigenvalue weighted by molar-refractivity contribution is 7.92. The van der Waals surface area contributed by atoms with Crippen LogP contribution in [0.4, 0.5) is 5.69 Å². The van der Waals surface area contributed by atoms with E-state index in [-0.39, 0.29) is 16.1 Å². The first kappa shape index (κ1) is 22.8. The SMILES string of the molecule is COCCn1c(=NC(=O)c2ccc(S(=O)(=O)C(C)C)cc2)sc2ccc([N+](=O)[O-])cc21. The number of non-ortho nitro benzene ring substituents is 1. The fourth-order valence-electron chi connectivity index (χ4n) is 2.87. The average molecular weight is 464 g/mol. The van der Waals surface area contributed by atoms with Crippen molar-refractivity contribution in [2.45, 2.75) is 30.5 Å². The van der Waals surface area contributed by atoms with Crippen molar-refractivity contribution in [2.75, 3.05) is 13.7 Å². The maximum atomic E-state index is 12.7. The largest absolute Gasteiger partial charge is 0.383 e. The van der Waals surface area contributed by atoms with E-state index in [0.29, 0.717) is 23.5 Å². The quantitative estimate of drug-likeness (QED) is 0.392. The van der Waals surface area contributed by atoms with Crippen LogP contribution in [-0.4, -0.2) is 42.8 Å². The molecule has 0 saturated carbocycles. The minimum atomic E-state index is -3.44. The third-order valence-corrected chi connectivity index (χ3v) is 7.87. The van der Waals surface area contributed by atoms with Gasteiger partial charge in [0, 0.05) is 31.4 Å². The van der Waals surface area contributed by atoms with E-state index in [2.05, 4.69) is 4.99 Å². The van der Waals surface area contributed by atoms with Gasteiger partial charge in [0.25, 0.3) is 11.6 Å². The Hall–Kier alpha value is -2.89. The molecule has 1 amide bonds. The van der Waals surface area contributed by atoms with Crippen LogP contribution in [0.5, 0.6) is 0 Å². The number of ether oxygens (including phenoxy) is 1. The Morgan fingerprint density at radius 1 is 1.23 bits per heavy atom. The number of nitro benzene ring substituents is 1. The van der Waals surface area contributed by atoms with Gasteiger partial charge in [0.1, 0.15) is 0 Å². The van der Waals surface area contributed by atoms with E-state index in [4.69, 9.17) is 4.74 Å². The van der Waals surface area contributed by atoms with Crippen molar-refractivity contribution >= 4 is 43.0 Å². The van der Waals surface area contributed by atoms with Gasteiger partial charge in [0.05, 0.1) is 31.9 Å². The van der Waals surface area contributed by atoms with Crippen LogP contribution >= 0.6 is 11.3 Å². The number of fused-ring (bicyclic) bond motifs is 1. The second-order valence-electron chi connectivity index (χ2n) is 6.97. The van der Waals surface area contributed by atoms with E-state index < -0.39 is 25.9 Å². The molecule has 164 valence electrons. The predicted octanol–water partition coefficient (Wildman–Crippen LogP) is 3.18. The third kappa shape index (κ3) is 4.73. The third-order valence-electron chi connectivity index (χ3n) is 4.64. The molecule has 0 unspecified atom stereocenters. The average Bonchev–Trinajstić information content (AvgIpc) is 3.08. The number of carbonyl (C=O) groups excluding carboxylic acids is 1. The van der Waals surface area contributed by atoms with Crippen molar-refractivity contribution in [3.05, 3.63) is 62.9 Å². The number of methoxy groups -OCH3 is 1. The molecule has 0 radical (unpaired) electrons. The number of aromatic nitrogens is 1. The van der Waals surface area contributed by atoms with Gasteiger partial charge in [-0.05, 0) is 44.2 Å². The zero-order chi connectivity index (χ0) is 22.8. The molecule has 3 aromatic rings. The molecule has 2 aromatic carbocycles. The molecule has 9 nitrogen and oxygen atoms in total. The summed E-state index contributed by atoms with van der Waals surface area (Å²) in [6, 6.07) is 10.1. The summed E-state index contributed by atoms with van der Waals surface area (Å²) in [4.78, 5) is 28.1. The van der Waals surface area contributed by atoms with Crippen LogP contribution in [0, 0.1) is 10.1 Å². The second-order valence-corrected chi connectivity index (χ2v) is 10.5. The van der Waals surface area contributed by atoms with Crippen molar-refractivity contribution < 1.29 is 22.9 Å². The van der Waals surface area contributed by atoms with Gasteiger partial charge in [-0.3, -0.25) is 14.9 Å².